The minimum absolute atomic E-state index is 0.0698. The molecule has 32 heavy (non-hydrogen) atoms. The second kappa shape index (κ2) is 10.1. The Morgan fingerprint density at radius 1 is 0.969 bits per heavy atom. The molecule has 0 radical (unpaired) electrons. The van der Waals surface area contributed by atoms with E-state index < -0.39 is 6.04 Å². The van der Waals surface area contributed by atoms with Gasteiger partial charge in [-0.3, -0.25) is 9.59 Å². The first-order valence-corrected chi connectivity index (χ1v) is 12.5. The summed E-state index contributed by atoms with van der Waals surface area (Å²) in [7, 11) is 1.62. The highest BCUT2D eigenvalue weighted by Gasteiger charge is 2.46. The van der Waals surface area contributed by atoms with E-state index in [0.717, 1.165) is 63.4 Å². The molecule has 0 spiro atoms. The molecule has 1 aromatic carbocycles. The average Bonchev–Trinajstić information content (AvgIpc) is 3.33. The molecule has 6 nitrogen and oxygen atoms in total. The lowest BCUT2D eigenvalue weighted by molar-refractivity contribution is -0.162. The third-order valence-electron chi connectivity index (χ3n) is 7.50. The number of benzene rings is 1. The van der Waals surface area contributed by atoms with Crippen molar-refractivity contribution in [3.8, 4) is 11.5 Å². The lowest BCUT2D eigenvalue weighted by Gasteiger charge is -2.47. The number of carbonyl (C=O) groups excluding carboxylic acids is 2. The zero-order chi connectivity index (χ0) is 22.7. The van der Waals surface area contributed by atoms with Crippen LogP contribution >= 0.6 is 0 Å². The molecular formula is C26H38N2O4. The van der Waals surface area contributed by atoms with Gasteiger partial charge >= 0.3 is 0 Å². The molecule has 1 aromatic rings. The zero-order valence-electron chi connectivity index (χ0n) is 19.8. The summed E-state index contributed by atoms with van der Waals surface area (Å²) >= 11 is 0. The third kappa shape index (κ3) is 4.60. The SMILES string of the molecule is CCCOc1ccc(C2C(=O)N(C3CCC(C)CC3)CC(=O)N2C2CCCC2)cc1OC. The molecule has 2 amide bonds. The Labute approximate surface area is 192 Å². The highest BCUT2D eigenvalue weighted by molar-refractivity contribution is 5.96. The predicted octanol–water partition coefficient (Wildman–Crippen LogP) is 4.72. The van der Waals surface area contributed by atoms with Gasteiger partial charge in [0.15, 0.2) is 11.5 Å². The Bertz CT molecular complexity index is 812. The van der Waals surface area contributed by atoms with Gasteiger partial charge in [-0.1, -0.05) is 32.8 Å². The summed E-state index contributed by atoms with van der Waals surface area (Å²) in [5, 5.41) is 0. The van der Waals surface area contributed by atoms with Gasteiger partial charge in [-0.15, -0.1) is 0 Å². The number of ether oxygens (including phenoxy) is 2. The Morgan fingerprint density at radius 3 is 2.34 bits per heavy atom. The van der Waals surface area contributed by atoms with E-state index in [-0.39, 0.29) is 30.4 Å². The van der Waals surface area contributed by atoms with Gasteiger partial charge in [-0.05, 0) is 68.6 Å². The number of nitrogens with zero attached hydrogens (tertiary/aromatic N) is 2. The summed E-state index contributed by atoms with van der Waals surface area (Å²) in [5.74, 6) is 2.16. The monoisotopic (exact) mass is 442 g/mol. The number of carbonyl (C=O) groups is 2. The fourth-order valence-electron chi connectivity index (χ4n) is 5.67. The summed E-state index contributed by atoms with van der Waals surface area (Å²) in [6.45, 7) is 5.17. The van der Waals surface area contributed by atoms with Crippen LogP contribution in [0.3, 0.4) is 0 Å². The van der Waals surface area contributed by atoms with Crippen molar-refractivity contribution in [1.82, 2.24) is 9.80 Å². The molecule has 0 aromatic heterocycles. The molecule has 1 heterocycles. The summed E-state index contributed by atoms with van der Waals surface area (Å²) in [6.07, 6.45) is 9.32. The van der Waals surface area contributed by atoms with Crippen LogP contribution in [0.1, 0.15) is 83.2 Å². The van der Waals surface area contributed by atoms with Crippen LogP contribution in [0.4, 0.5) is 0 Å². The van der Waals surface area contributed by atoms with Crippen molar-refractivity contribution in [3.63, 3.8) is 0 Å². The fourth-order valence-corrected chi connectivity index (χ4v) is 5.67. The van der Waals surface area contributed by atoms with E-state index >= 15 is 0 Å². The minimum atomic E-state index is -0.576. The van der Waals surface area contributed by atoms with E-state index in [1.165, 1.54) is 0 Å². The van der Waals surface area contributed by atoms with Crippen LogP contribution in [0.2, 0.25) is 0 Å². The smallest absolute Gasteiger partial charge is 0.250 e. The van der Waals surface area contributed by atoms with Crippen molar-refractivity contribution in [2.24, 2.45) is 5.92 Å². The van der Waals surface area contributed by atoms with Gasteiger partial charge in [0.25, 0.3) is 5.91 Å². The molecule has 0 bridgehead atoms. The van der Waals surface area contributed by atoms with Crippen LogP contribution in [-0.4, -0.2) is 54.0 Å². The Balaban J connectivity index is 1.67. The summed E-state index contributed by atoms with van der Waals surface area (Å²) in [5.41, 5.74) is 0.824. The van der Waals surface area contributed by atoms with Gasteiger partial charge in [-0.25, -0.2) is 0 Å². The second-order valence-electron chi connectivity index (χ2n) is 9.78. The van der Waals surface area contributed by atoms with Crippen molar-refractivity contribution in [2.75, 3.05) is 20.3 Å². The van der Waals surface area contributed by atoms with Crippen molar-refractivity contribution >= 4 is 11.8 Å². The molecule has 4 rings (SSSR count). The first-order valence-electron chi connectivity index (χ1n) is 12.5. The van der Waals surface area contributed by atoms with Gasteiger partial charge < -0.3 is 19.3 Å². The molecule has 1 saturated heterocycles. The lowest BCUT2D eigenvalue weighted by atomic mass is 9.85. The molecule has 176 valence electrons. The van der Waals surface area contributed by atoms with Crippen LogP contribution < -0.4 is 9.47 Å². The maximum atomic E-state index is 13.9. The van der Waals surface area contributed by atoms with E-state index in [2.05, 4.69) is 13.8 Å². The number of hydrogen-bond acceptors (Lipinski definition) is 4. The van der Waals surface area contributed by atoms with Crippen molar-refractivity contribution < 1.29 is 19.1 Å². The number of hydrogen-bond donors (Lipinski definition) is 0. The standard InChI is InChI=1S/C26H38N2O4/c1-4-15-32-22-14-11-19(16-23(22)31-3)25-26(30)27(20-12-9-18(2)10-13-20)17-24(29)28(25)21-7-5-6-8-21/h11,14,16,18,20-21,25H,4-10,12-13,15,17H2,1-3H3. The van der Waals surface area contributed by atoms with Crippen LogP contribution in [-0.2, 0) is 9.59 Å². The molecule has 2 aliphatic carbocycles. The maximum Gasteiger partial charge on any atom is 0.250 e. The van der Waals surface area contributed by atoms with Crippen molar-refractivity contribution in [1.29, 1.82) is 0 Å². The summed E-state index contributed by atoms with van der Waals surface area (Å²) in [4.78, 5) is 31.2. The van der Waals surface area contributed by atoms with E-state index in [0.29, 0.717) is 24.0 Å². The molecule has 3 aliphatic rings. The van der Waals surface area contributed by atoms with E-state index in [1.54, 1.807) is 7.11 Å². The topological polar surface area (TPSA) is 59.1 Å². The number of amides is 2. The summed E-state index contributed by atoms with van der Waals surface area (Å²) < 4.78 is 11.4. The van der Waals surface area contributed by atoms with Gasteiger partial charge in [0.2, 0.25) is 5.91 Å². The molecule has 0 N–H and O–H groups in total. The number of piperazine rings is 1. The lowest BCUT2D eigenvalue weighted by Crippen LogP contribution is -2.60. The van der Waals surface area contributed by atoms with Gasteiger partial charge in [-0.2, -0.15) is 0 Å². The van der Waals surface area contributed by atoms with Crippen molar-refractivity contribution in [3.05, 3.63) is 23.8 Å². The summed E-state index contributed by atoms with van der Waals surface area (Å²) in [6, 6.07) is 5.47. The molecular weight excluding hydrogens is 404 g/mol. The number of methoxy groups -OCH3 is 1. The van der Waals surface area contributed by atoms with E-state index in [1.807, 2.05) is 28.0 Å². The quantitative estimate of drug-likeness (QED) is 0.613. The van der Waals surface area contributed by atoms with Gasteiger partial charge in [0.1, 0.15) is 12.6 Å². The molecule has 1 aliphatic heterocycles. The second-order valence-corrected chi connectivity index (χ2v) is 9.78. The van der Waals surface area contributed by atoms with Gasteiger partial charge in [0, 0.05) is 12.1 Å². The molecule has 1 atom stereocenters. The Morgan fingerprint density at radius 2 is 1.69 bits per heavy atom. The molecule has 2 saturated carbocycles. The van der Waals surface area contributed by atoms with Crippen LogP contribution in [0.15, 0.2) is 18.2 Å². The highest BCUT2D eigenvalue weighted by atomic mass is 16.5. The fraction of sp³-hybridized carbons (Fsp3) is 0.692. The Hall–Kier alpha value is -2.24. The Kier molecular flexibility index (Phi) is 7.27. The normalized spacial score (nSPS) is 27.2. The molecule has 6 heteroatoms. The minimum Gasteiger partial charge on any atom is -0.493 e. The largest absolute Gasteiger partial charge is 0.493 e. The van der Waals surface area contributed by atoms with E-state index in [4.69, 9.17) is 9.47 Å². The molecule has 1 unspecified atom stereocenters. The first kappa shape index (κ1) is 22.9. The van der Waals surface area contributed by atoms with Crippen molar-refractivity contribution in [2.45, 2.75) is 89.8 Å². The van der Waals surface area contributed by atoms with Crippen LogP contribution in [0.25, 0.3) is 0 Å². The molecule has 3 fully saturated rings. The van der Waals surface area contributed by atoms with Gasteiger partial charge in [0.05, 0.1) is 13.7 Å². The zero-order valence-corrected chi connectivity index (χ0v) is 19.8. The first-order chi connectivity index (χ1) is 15.5. The number of rotatable bonds is 7. The van der Waals surface area contributed by atoms with E-state index in [9.17, 15) is 9.59 Å². The third-order valence-corrected chi connectivity index (χ3v) is 7.50. The maximum absolute atomic E-state index is 13.9. The highest BCUT2D eigenvalue weighted by Crippen LogP contribution is 2.40. The van der Waals surface area contributed by atoms with Crippen LogP contribution in [0, 0.1) is 5.92 Å². The average molecular weight is 443 g/mol. The van der Waals surface area contributed by atoms with Crippen LogP contribution in [0.5, 0.6) is 11.5 Å². The predicted molar refractivity (Wildman–Crippen MR) is 124 cm³/mol.